The van der Waals surface area contributed by atoms with E-state index in [1.54, 1.807) is 0 Å². The second-order valence-corrected chi connectivity index (χ2v) is 6.46. The lowest BCUT2D eigenvalue weighted by Crippen LogP contribution is -2.36. The van der Waals surface area contributed by atoms with Crippen molar-refractivity contribution in [2.24, 2.45) is 10.7 Å². The fourth-order valence-corrected chi connectivity index (χ4v) is 2.90. The highest BCUT2D eigenvalue weighted by Crippen LogP contribution is 2.33. The molecule has 5 nitrogen and oxygen atoms in total. The molecule has 132 valence electrons. The number of allylic oxidation sites excluding steroid dienone is 1. The Morgan fingerprint density at radius 3 is 2.67 bits per heavy atom. The van der Waals surface area contributed by atoms with E-state index in [1.807, 2.05) is 19.9 Å². The Kier molecular flexibility index (Phi) is 5.64. The highest BCUT2D eigenvalue weighted by molar-refractivity contribution is 6.30. The lowest BCUT2D eigenvalue weighted by molar-refractivity contribution is -0.0396. The van der Waals surface area contributed by atoms with Gasteiger partial charge >= 0.3 is 0 Å². The summed E-state index contributed by atoms with van der Waals surface area (Å²) >= 11 is 6.07. The minimum Gasteiger partial charge on any atom is -0.383 e. The fraction of sp³-hybridized carbons (Fsp3) is 0.500. The number of halogens is 3. The van der Waals surface area contributed by atoms with Crippen molar-refractivity contribution in [2.45, 2.75) is 51.5 Å². The van der Waals surface area contributed by atoms with Crippen molar-refractivity contribution in [1.82, 2.24) is 15.1 Å². The van der Waals surface area contributed by atoms with Crippen LogP contribution in [0, 0.1) is 13.8 Å². The van der Waals surface area contributed by atoms with Gasteiger partial charge in [0.25, 0.3) is 0 Å². The average Bonchev–Trinajstić information content (AvgIpc) is 2.80. The quantitative estimate of drug-likeness (QED) is 0.375. The van der Waals surface area contributed by atoms with Gasteiger partial charge < -0.3 is 11.1 Å². The molecule has 0 bridgehead atoms. The summed E-state index contributed by atoms with van der Waals surface area (Å²) in [6.45, 7) is 7.55. The van der Waals surface area contributed by atoms with Crippen LogP contribution in [0.15, 0.2) is 34.6 Å². The third-order valence-corrected chi connectivity index (χ3v) is 4.04. The normalized spacial score (nSPS) is 19.4. The van der Waals surface area contributed by atoms with E-state index in [9.17, 15) is 8.78 Å². The summed E-state index contributed by atoms with van der Waals surface area (Å²) in [6, 6.07) is 1.84. The summed E-state index contributed by atoms with van der Waals surface area (Å²) in [5.41, 5.74) is 8.08. The molecule has 0 aromatic carbocycles. The Balaban J connectivity index is 1.96. The number of aryl methyl sites for hydroxylation is 2. The minimum atomic E-state index is -2.55. The van der Waals surface area contributed by atoms with Crippen LogP contribution < -0.4 is 11.1 Å². The van der Waals surface area contributed by atoms with Gasteiger partial charge in [-0.05, 0) is 38.8 Å². The van der Waals surface area contributed by atoms with Crippen LogP contribution in [0.1, 0.15) is 37.1 Å². The molecule has 1 saturated carbocycles. The second-order valence-electron chi connectivity index (χ2n) is 6.08. The van der Waals surface area contributed by atoms with Crippen LogP contribution in [0.3, 0.4) is 0 Å². The molecule has 0 radical (unpaired) electrons. The van der Waals surface area contributed by atoms with E-state index >= 15 is 0 Å². The van der Waals surface area contributed by atoms with E-state index < -0.39 is 5.92 Å². The molecule has 1 aromatic rings. The Morgan fingerprint density at radius 2 is 2.12 bits per heavy atom. The zero-order chi connectivity index (χ0) is 17.9. The van der Waals surface area contributed by atoms with Crippen molar-refractivity contribution in [3.8, 4) is 0 Å². The zero-order valence-corrected chi connectivity index (χ0v) is 14.6. The van der Waals surface area contributed by atoms with Crippen LogP contribution in [-0.2, 0) is 0 Å². The first-order valence-corrected chi connectivity index (χ1v) is 8.12. The van der Waals surface area contributed by atoms with E-state index in [0.29, 0.717) is 18.5 Å². The van der Waals surface area contributed by atoms with E-state index in [-0.39, 0.29) is 30.0 Å². The highest BCUT2D eigenvalue weighted by atomic mass is 35.5. The van der Waals surface area contributed by atoms with Gasteiger partial charge in [-0.3, -0.25) is 0 Å². The first-order valence-electron chi connectivity index (χ1n) is 7.74. The molecule has 2 rings (SSSR count). The van der Waals surface area contributed by atoms with Crippen LogP contribution in [0.25, 0.3) is 0 Å². The van der Waals surface area contributed by atoms with Gasteiger partial charge in [0, 0.05) is 30.3 Å². The van der Waals surface area contributed by atoms with Gasteiger partial charge in [0.1, 0.15) is 5.16 Å². The van der Waals surface area contributed by atoms with E-state index in [0.717, 1.165) is 11.4 Å². The molecule has 0 unspecified atom stereocenters. The summed E-state index contributed by atoms with van der Waals surface area (Å²) in [4.78, 5) is 4.08. The first-order chi connectivity index (χ1) is 11.2. The standard InChI is InChI=1S/C16H22ClF2N5/c1-10(21-13-4-6-16(18,19)7-5-13)9-14(17)22-15(20)24-12(3)8-11(2)23-24/h8-9,13,21H,1,4-7H2,2-3H3,(H2,20,22)/b14-9-. The van der Waals surface area contributed by atoms with Gasteiger partial charge in [0.05, 0.1) is 5.69 Å². The molecular formula is C16H22ClF2N5. The molecule has 1 heterocycles. The number of nitrogens with one attached hydrogen (secondary N) is 1. The second kappa shape index (κ2) is 7.34. The monoisotopic (exact) mass is 357 g/mol. The predicted molar refractivity (Wildman–Crippen MR) is 92.1 cm³/mol. The number of hydrogen-bond donors (Lipinski definition) is 2. The Labute approximate surface area is 145 Å². The van der Waals surface area contributed by atoms with E-state index in [4.69, 9.17) is 17.3 Å². The Hall–Kier alpha value is -1.89. The largest absolute Gasteiger partial charge is 0.383 e. The summed E-state index contributed by atoms with van der Waals surface area (Å²) in [5, 5.41) is 7.45. The molecule has 0 amide bonds. The van der Waals surface area contributed by atoms with Crippen LogP contribution in [0.4, 0.5) is 8.78 Å². The van der Waals surface area contributed by atoms with Crippen LogP contribution in [0.5, 0.6) is 0 Å². The van der Waals surface area contributed by atoms with Crippen molar-refractivity contribution in [2.75, 3.05) is 0 Å². The predicted octanol–water partition coefficient (Wildman–Crippen LogP) is 3.42. The molecule has 1 fully saturated rings. The first kappa shape index (κ1) is 18.4. The lowest BCUT2D eigenvalue weighted by Gasteiger charge is -2.29. The SMILES string of the molecule is C=C(/C=C(Cl)\N=C(/N)n1nc(C)cc1C)NC1CCC(F)(F)CC1. The Morgan fingerprint density at radius 1 is 1.50 bits per heavy atom. The number of rotatable bonds is 4. The molecule has 3 N–H and O–H groups in total. The summed E-state index contributed by atoms with van der Waals surface area (Å²) in [6.07, 6.45) is 2.09. The van der Waals surface area contributed by atoms with Gasteiger partial charge in [-0.15, -0.1) is 0 Å². The third kappa shape index (κ3) is 5.06. The number of aliphatic imine (C=N–C) groups is 1. The lowest BCUT2D eigenvalue weighted by atomic mass is 9.92. The van der Waals surface area contributed by atoms with Crippen molar-refractivity contribution < 1.29 is 8.78 Å². The fourth-order valence-electron chi connectivity index (χ4n) is 2.68. The number of alkyl halides is 2. The van der Waals surface area contributed by atoms with Gasteiger partial charge in [0.2, 0.25) is 11.9 Å². The van der Waals surface area contributed by atoms with Crippen LogP contribution >= 0.6 is 11.6 Å². The topological polar surface area (TPSA) is 68.2 Å². The molecule has 24 heavy (non-hydrogen) atoms. The van der Waals surface area contributed by atoms with Crippen molar-refractivity contribution in [3.63, 3.8) is 0 Å². The number of aromatic nitrogens is 2. The van der Waals surface area contributed by atoms with Crippen LogP contribution in [-0.4, -0.2) is 27.7 Å². The summed E-state index contributed by atoms with van der Waals surface area (Å²) in [7, 11) is 0. The maximum Gasteiger partial charge on any atom is 0.248 e. The van der Waals surface area contributed by atoms with Crippen LogP contribution in [0.2, 0.25) is 0 Å². The van der Waals surface area contributed by atoms with Gasteiger partial charge in [-0.25, -0.2) is 18.5 Å². The van der Waals surface area contributed by atoms with Gasteiger partial charge in [-0.1, -0.05) is 18.2 Å². The average molecular weight is 358 g/mol. The van der Waals surface area contributed by atoms with E-state index in [1.165, 1.54) is 10.8 Å². The Bertz CT molecular complexity index is 668. The van der Waals surface area contributed by atoms with Crippen molar-refractivity contribution >= 4 is 17.6 Å². The number of nitrogens with zero attached hydrogens (tertiary/aromatic N) is 3. The zero-order valence-electron chi connectivity index (χ0n) is 13.8. The molecule has 1 aliphatic carbocycles. The third-order valence-electron chi connectivity index (χ3n) is 3.85. The number of nitrogens with two attached hydrogens (primary N) is 1. The summed E-state index contributed by atoms with van der Waals surface area (Å²) in [5.74, 6) is -2.40. The van der Waals surface area contributed by atoms with Crippen molar-refractivity contribution in [1.29, 1.82) is 0 Å². The molecule has 0 aliphatic heterocycles. The van der Waals surface area contributed by atoms with Crippen molar-refractivity contribution in [3.05, 3.63) is 41.0 Å². The van der Waals surface area contributed by atoms with Gasteiger partial charge in [0.15, 0.2) is 0 Å². The molecule has 0 atom stereocenters. The van der Waals surface area contributed by atoms with Gasteiger partial charge in [-0.2, -0.15) is 5.10 Å². The summed E-state index contributed by atoms with van der Waals surface area (Å²) < 4.78 is 27.8. The molecule has 1 aromatic heterocycles. The molecule has 0 spiro atoms. The molecule has 1 aliphatic rings. The number of hydrogen-bond acceptors (Lipinski definition) is 3. The minimum absolute atomic E-state index is 0.0322. The maximum absolute atomic E-state index is 13.1. The molecule has 0 saturated heterocycles. The maximum atomic E-state index is 13.1. The molecule has 8 heteroatoms. The molecular weight excluding hydrogens is 336 g/mol. The van der Waals surface area contributed by atoms with E-state index in [2.05, 4.69) is 22.0 Å². The highest BCUT2D eigenvalue weighted by Gasteiger charge is 2.34. The smallest absolute Gasteiger partial charge is 0.248 e.